The molecule has 0 aliphatic carbocycles. The molecule has 0 bridgehead atoms. The van der Waals surface area contributed by atoms with Gasteiger partial charge in [0.05, 0.1) is 12.2 Å². The molecule has 0 atom stereocenters. The van der Waals surface area contributed by atoms with Gasteiger partial charge in [0.15, 0.2) is 0 Å². The first kappa shape index (κ1) is 12.3. The summed E-state index contributed by atoms with van der Waals surface area (Å²) in [6.07, 6.45) is 3.39. The fourth-order valence-electron chi connectivity index (χ4n) is 1.52. The zero-order valence-electron chi connectivity index (χ0n) is 10.3. The zero-order chi connectivity index (χ0) is 13.0. The minimum absolute atomic E-state index is 0.217. The number of rotatable bonds is 5. The average molecular weight is 249 g/mol. The maximum Gasteiger partial charge on any atom is 0.272 e. The fourth-order valence-corrected chi connectivity index (χ4v) is 1.52. The van der Waals surface area contributed by atoms with Crippen molar-refractivity contribution >= 4 is 5.91 Å². The molecule has 0 aromatic carbocycles. The van der Waals surface area contributed by atoms with Gasteiger partial charge in [-0.15, -0.1) is 0 Å². The first-order valence-electron chi connectivity index (χ1n) is 5.48. The van der Waals surface area contributed by atoms with Gasteiger partial charge in [-0.1, -0.05) is 0 Å². The minimum atomic E-state index is -0.217. The third-order valence-electron chi connectivity index (χ3n) is 2.49. The number of ether oxygens (including phenoxy) is 1. The van der Waals surface area contributed by atoms with Gasteiger partial charge in [0, 0.05) is 26.6 Å². The number of aryl methyl sites for hydroxylation is 1. The molecule has 7 nitrogen and oxygen atoms in total. The van der Waals surface area contributed by atoms with Crippen molar-refractivity contribution in [1.82, 2.24) is 24.9 Å². The third kappa shape index (κ3) is 2.75. The average Bonchev–Trinajstić information content (AvgIpc) is 2.96. The van der Waals surface area contributed by atoms with Crippen molar-refractivity contribution < 1.29 is 9.53 Å². The Bertz CT molecular complexity index is 531. The van der Waals surface area contributed by atoms with Gasteiger partial charge in [-0.2, -0.15) is 10.2 Å². The van der Waals surface area contributed by atoms with Gasteiger partial charge >= 0.3 is 0 Å². The van der Waals surface area contributed by atoms with Crippen molar-refractivity contribution in [1.29, 1.82) is 0 Å². The monoisotopic (exact) mass is 249 g/mol. The molecule has 7 heteroatoms. The maximum absolute atomic E-state index is 11.8. The molecule has 0 aliphatic rings. The van der Waals surface area contributed by atoms with E-state index in [1.165, 1.54) is 0 Å². The van der Waals surface area contributed by atoms with Gasteiger partial charge in [-0.3, -0.25) is 9.48 Å². The summed E-state index contributed by atoms with van der Waals surface area (Å²) in [5.41, 5.74) is 1.30. The molecule has 96 valence electrons. The number of hydrogen-bond donors (Lipinski definition) is 1. The molecule has 0 saturated heterocycles. The first-order chi connectivity index (χ1) is 8.70. The second kappa shape index (κ2) is 5.46. The van der Waals surface area contributed by atoms with Crippen LogP contribution >= 0.6 is 0 Å². The third-order valence-corrected chi connectivity index (χ3v) is 2.49. The van der Waals surface area contributed by atoms with E-state index in [0.29, 0.717) is 19.0 Å². The minimum Gasteiger partial charge on any atom is -0.362 e. The van der Waals surface area contributed by atoms with Crippen LogP contribution in [0.1, 0.15) is 16.2 Å². The van der Waals surface area contributed by atoms with Crippen LogP contribution in [0.5, 0.6) is 0 Å². The topological polar surface area (TPSA) is 74.0 Å². The molecule has 2 aromatic rings. The highest BCUT2D eigenvalue weighted by atomic mass is 16.5. The van der Waals surface area contributed by atoms with Gasteiger partial charge in [-0.05, 0) is 12.1 Å². The molecule has 0 fully saturated rings. The summed E-state index contributed by atoms with van der Waals surface area (Å²) in [6, 6.07) is 3.50. The predicted octanol–water partition coefficient (Wildman–Crippen LogP) is 0.150. The Morgan fingerprint density at radius 2 is 2.33 bits per heavy atom. The lowest BCUT2D eigenvalue weighted by Gasteiger charge is -2.03. The number of carbonyl (C=O) groups is 1. The highest BCUT2D eigenvalue weighted by molar-refractivity contribution is 5.92. The van der Waals surface area contributed by atoms with E-state index in [2.05, 4.69) is 15.5 Å². The van der Waals surface area contributed by atoms with Crippen LogP contribution in [-0.2, 0) is 25.1 Å². The molecule has 2 rings (SSSR count). The Balaban J connectivity index is 1.93. The number of nitrogens with zero attached hydrogens (tertiary/aromatic N) is 4. The molecule has 18 heavy (non-hydrogen) atoms. The molecule has 1 N–H and O–H groups in total. The maximum atomic E-state index is 11.8. The highest BCUT2D eigenvalue weighted by Crippen LogP contribution is 1.99. The Hall–Kier alpha value is -2.15. The van der Waals surface area contributed by atoms with E-state index in [9.17, 15) is 4.79 Å². The lowest BCUT2D eigenvalue weighted by molar-refractivity contribution is 0.0937. The molecule has 0 aliphatic heterocycles. The first-order valence-corrected chi connectivity index (χ1v) is 5.48. The summed E-state index contributed by atoms with van der Waals surface area (Å²) < 4.78 is 8.18. The quantitative estimate of drug-likeness (QED) is 0.818. The second-order valence-electron chi connectivity index (χ2n) is 3.79. The van der Waals surface area contributed by atoms with Crippen molar-refractivity contribution in [2.75, 3.05) is 7.11 Å². The zero-order valence-corrected chi connectivity index (χ0v) is 10.3. The summed E-state index contributed by atoms with van der Waals surface area (Å²) >= 11 is 0. The van der Waals surface area contributed by atoms with Gasteiger partial charge in [0.2, 0.25) is 0 Å². The van der Waals surface area contributed by atoms with Crippen molar-refractivity contribution in [3.63, 3.8) is 0 Å². The van der Waals surface area contributed by atoms with Crippen molar-refractivity contribution in [2.24, 2.45) is 7.05 Å². The number of nitrogens with one attached hydrogen (secondary N) is 1. The van der Waals surface area contributed by atoms with Crippen LogP contribution in [0.25, 0.3) is 0 Å². The number of carbonyl (C=O) groups excluding carboxylic acids is 1. The van der Waals surface area contributed by atoms with Crippen LogP contribution in [0.3, 0.4) is 0 Å². The summed E-state index contributed by atoms with van der Waals surface area (Å²) in [5.74, 6) is -0.217. The van der Waals surface area contributed by atoms with Crippen LogP contribution in [-0.4, -0.2) is 32.6 Å². The SMILES string of the molecule is COCn1ccc(C(=O)NCc2ccnn2C)n1. The summed E-state index contributed by atoms with van der Waals surface area (Å²) in [4.78, 5) is 11.8. The smallest absolute Gasteiger partial charge is 0.272 e. The van der Waals surface area contributed by atoms with E-state index in [-0.39, 0.29) is 5.91 Å². The molecule has 0 spiro atoms. The normalized spacial score (nSPS) is 10.6. The second-order valence-corrected chi connectivity index (χ2v) is 3.79. The van der Waals surface area contributed by atoms with E-state index in [0.717, 1.165) is 5.69 Å². The number of aromatic nitrogens is 4. The van der Waals surface area contributed by atoms with Crippen molar-refractivity contribution in [2.45, 2.75) is 13.3 Å². The van der Waals surface area contributed by atoms with Crippen LogP contribution in [0.15, 0.2) is 24.5 Å². The fraction of sp³-hybridized carbons (Fsp3) is 0.364. The van der Waals surface area contributed by atoms with Crippen molar-refractivity contribution in [3.05, 3.63) is 35.9 Å². The van der Waals surface area contributed by atoms with E-state index in [4.69, 9.17) is 4.74 Å². The molecule has 0 saturated carbocycles. The highest BCUT2D eigenvalue weighted by Gasteiger charge is 2.09. The van der Waals surface area contributed by atoms with Gasteiger partial charge < -0.3 is 10.1 Å². The molecule has 2 aromatic heterocycles. The van der Waals surface area contributed by atoms with Gasteiger partial charge in [0.1, 0.15) is 12.4 Å². The summed E-state index contributed by atoms with van der Waals surface area (Å²) in [5, 5.41) is 10.9. The Labute approximate surface area is 104 Å². The van der Waals surface area contributed by atoms with Crippen LogP contribution in [0, 0.1) is 0 Å². The standard InChI is InChI=1S/C11H15N5O2/c1-15-9(3-5-13-15)7-12-11(17)10-4-6-16(14-10)8-18-2/h3-6H,7-8H2,1-2H3,(H,12,17). The number of hydrogen-bond acceptors (Lipinski definition) is 4. The van der Waals surface area contributed by atoms with Crippen LogP contribution in [0.4, 0.5) is 0 Å². The van der Waals surface area contributed by atoms with Gasteiger partial charge in [0.25, 0.3) is 5.91 Å². The molecule has 1 amide bonds. The summed E-state index contributed by atoms with van der Waals surface area (Å²) in [7, 11) is 3.40. The molecule has 2 heterocycles. The molecular weight excluding hydrogens is 234 g/mol. The molecule has 0 radical (unpaired) electrons. The molecular formula is C11H15N5O2. The predicted molar refractivity (Wildman–Crippen MR) is 63.6 cm³/mol. The lowest BCUT2D eigenvalue weighted by Crippen LogP contribution is -2.24. The Morgan fingerprint density at radius 1 is 1.50 bits per heavy atom. The van der Waals surface area contributed by atoms with Crippen molar-refractivity contribution in [3.8, 4) is 0 Å². The molecule has 0 unspecified atom stereocenters. The van der Waals surface area contributed by atoms with E-state index in [1.807, 2.05) is 13.1 Å². The lowest BCUT2D eigenvalue weighted by atomic mass is 10.3. The van der Waals surface area contributed by atoms with E-state index < -0.39 is 0 Å². The van der Waals surface area contributed by atoms with E-state index >= 15 is 0 Å². The van der Waals surface area contributed by atoms with Crippen LogP contribution < -0.4 is 5.32 Å². The Morgan fingerprint density at radius 3 is 3.00 bits per heavy atom. The summed E-state index contributed by atoms with van der Waals surface area (Å²) in [6.45, 7) is 0.751. The van der Waals surface area contributed by atoms with Gasteiger partial charge in [-0.25, -0.2) is 4.68 Å². The van der Waals surface area contributed by atoms with Crippen LogP contribution in [0.2, 0.25) is 0 Å². The number of amides is 1. The number of methoxy groups -OCH3 is 1. The largest absolute Gasteiger partial charge is 0.362 e. The Kier molecular flexibility index (Phi) is 3.73. The van der Waals surface area contributed by atoms with E-state index in [1.54, 1.807) is 34.9 Å².